The van der Waals surface area contributed by atoms with Gasteiger partial charge in [-0.15, -0.1) is 0 Å². The Labute approximate surface area is 79.5 Å². The third-order valence-corrected chi connectivity index (χ3v) is 1.75. The van der Waals surface area contributed by atoms with E-state index in [1.54, 1.807) is 4.90 Å². The quantitative estimate of drug-likeness (QED) is 0.648. The zero-order chi connectivity index (χ0) is 10.1. The van der Waals surface area contributed by atoms with Gasteiger partial charge < -0.3 is 14.7 Å². The zero-order valence-corrected chi connectivity index (χ0v) is 8.45. The molecule has 0 unspecified atom stereocenters. The number of aliphatic hydroxyl groups is 1. The molecular weight excluding hydrogens is 170 g/mol. The molecule has 1 rings (SSSR count). The van der Waals surface area contributed by atoms with Gasteiger partial charge in [0.25, 0.3) is 0 Å². The van der Waals surface area contributed by atoms with E-state index in [0.29, 0.717) is 19.1 Å². The van der Waals surface area contributed by atoms with E-state index in [-0.39, 0.29) is 6.61 Å². The SMILES string of the molecule is CCOCCO.CN1CCCC1=O. The van der Waals surface area contributed by atoms with Crippen LogP contribution in [0, 0.1) is 0 Å². The van der Waals surface area contributed by atoms with Crippen molar-refractivity contribution in [3.05, 3.63) is 0 Å². The molecule has 4 nitrogen and oxygen atoms in total. The summed E-state index contributed by atoms with van der Waals surface area (Å²) in [7, 11) is 1.84. The second-order valence-electron chi connectivity index (χ2n) is 2.84. The van der Waals surface area contributed by atoms with Gasteiger partial charge in [0.05, 0.1) is 13.2 Å². The summed E-state index contributed by atoms with van der Waals surface area (Å²) in [5, 5.41) is 8.07. The Morgan fingerprint density at radius 2 is 2.31 bits per heavy atom. The fourth-order valence-corrected chi connectivity index (χ4v) is 0.992. The minimum Gasteiger partial charge on any atom is -0.394 e. The molecular formula is C9H19NO3. The van der Waals surface area contributed by atoms with Crippen LogP contribution >= 0.6 is 0 Å². The monoisotopic (exact) mass is 189 g/mol. The summed E-state index contributed by atoms with van der Waals surface area (Å²) < 4.78 is 4.73. The Kier molecular flexibility index (Phi) is 7.63. The van der Waals surface area contributed by atoms with Gasteiger partial charge in [0.15, 0.2) is 0 Å². The molecule has 0 bridgehead atoms. The summed E-state index contributed by atoms with van der Waals surface area (Å²) in [6, 6.07) is 0. The normalized spacial score (nSPS) is 15.6. The van der Waals surface area contributed by atoms with E-state index in [2.05, 4.69) is 0 Å². The van der Waals surface area contributed by atoms with Crippen molar-refractivity contribution in [2.75, 3.05) is 33.4 Å². The lowest BCUT2D eigenvalue weighted by atomic mass is 10.4. The molecule has 0 atom stereocenters. The molecule has 0 spiro atoms. The van der Waals surface area contributed by atoms with Crippen LogP contribution in [0.15, 0.2) is 0 Å². The van der Waals surface area contributed by atoms with Crippen molar-refractivity contribution in [3.8, 4) is 0 Å². The van der Waals surface area contributed by atoms with Crippen LogP contribution in [-0.4, -0.2) is 49.3 Å². The summed E-state index contributed by atoms with van der Waals surface area (Å²) in [5.74, 6) is 0.292. The summed E-state index contributed by atoms with van der Waals surface area (Å²) in [6.45, 7) is 4.15. The van der Waals surface area contributed by atoms with Crippen LogP contribution in [0.1, 0.15) is 19.8 Å². The molecule has 1 heterocycles. The predicted octanol–water partition coefficient (Wildman–Crippen LogP) is 0.254. The number of ether oxygens (including phenoxy) is 1. The molecule has 0 aromatic carbocycles. The lowest BCUT2D eigenvalue weighted by molar-refractivity contribution is -0.126. The lowest BCUT2D eigenvalue weighted by Crippen LogP contribution is -2.17. The molecule has 4 heteroatoms. The molecule has 1 N–H and O–H groups in total. The van der Waals surface area contributed by atoms with E-state index in [9.17, 15) is 4.79 Å². The highest BCUT2D eigenvalue weighted by Crippen LogP contribution is 2.04. The minimum atomic E-state index is 0.133. The van der Waals surface area contributed by atoms with Crippen molar-refractivity contribution in [2.24, 2.45) is 0 Å². The molecule has 1 aliphatic rings. The van der Waals surface area contributed by atoms with Gasteiger partial charge in [-0.3, -0.25) is 4.79 Å². The summed E-state index contributed by atoms with van der Waals surface area (Å²) >= 11 is 0. The van der Waals surface area contributed by atoms with Gasteiger partial charge in [-0.25, -0.2) is 0 Å². The molecule has 1 aliphatic heterocycles. The molecule has 0 aliphatic carbocycles. The fraction of sp³-hybridized carbons (Fsp3) is 0.889. The van der Waals surface area contributed by atoms with Crippen molar-refractivity contribution < 1.29 is 14.6 Å². The fourth-order valence-electron chi connectivity index (χ4n) is 0.992. The van der Waals surface area contributed by atoms with Gasteiger partial charge in [-0.05, 0) is 13.3 Å². The van der Waals surface area contributed by atoms with Gasteiger partial charge in [0.2, 0.25) is 5.91 Å². The zero-order valence-electron chi connectivity index (χ0n) is 8.45. The maximum absolute atomic E-state index is 10.5. The maximum Gasteiger partial charge on any atom is 0.222 e. The van der Waals surface area contributed by atoms with E-state index >= 15 is 0 Å². The molecule has 1 amide bonds. The number of likely N-dealkylation sites (tertiary alicyclic amines) is 1. The number of carbonyl (C=O) groups is 1. The smallest absolute Gasteiger partial charge is 0.222 e. The third kappa shape index (κ3) is 6.54. The molecule has 13 heavy (non-hydrogen) atoms. The lowest BCUT2D eigenvalue weighted by Gasteiger charge is -2.03. The Morgan fingerprint density at radius 1 is 1.62 bits per heavy atom. The Morgan fingerprint density at radius 3 is 2.46 bits per heavy atom. The van der Waals surface area contributed by atoms with Crippen LogP contribution in [0.3, 0.4) is 0 Å². The molecule has 0 aromatic rings. The van der Waals surface area contributed by atoms with Gasteiger partial charge in [-0.1, -0.05) is 0 Å². The Bertz CT molecular complexity index is 135. The third-order valence-electron chi connectivity index (χ3n) is 1.75. The van der Waals surface area contributed by atoms with Crippen molar-refractivity contribution in [2.45, 2.75) is 19.8 Å². The van der Waals surface area contributed by atoms with E-state index in [4.69, 9.17) is 9.84 Å². The van der Waals surface area contributed by atoms with Crippen LogP contribution in [0.2, 0.25) is 0 Å². The van der Waals surface area contributed by atoms with Crippen LogP contribution in [0.4, 0.5) is 0 Å². The highest BCUT2D eigenvalue weighted by Gasteiger charge is 2.14. The first-order valence-corrected chi connectivity index (χ1v) is 4.65. The number of nitrogens with zero attached hydrogens (tertiary/aromatic N) is 1. The molecule has 0 saturated carbocycles. The topological polar surface area (TPSA) is 49.8 Å². The van der Waals surface area contributed by atoms with Crippen LogP contribution < -0.4 is 0 Å². The van der Waals surface area contributed by atoms with E-state index in [0.717, 1.165) is 19.4 Å². The standard InChI is InChI=1S/C5H9NO.C4H10O2/c1-6-4-2-3-5(6)7;1-2-6-4-3-5/h2-4H2,1H3;5H,2-4H2,1H3. The first-order chi connectivity index (χ1) is 6.22. The average Bonchev–Trinajstić information content (AvgIpc) is 2.49. The van der Waals surface area contributed by atoms with E-state index in [1.807, 2.05) is 14.0 Å². The van der Waals surface area contributed by atoms with E-state index < -0.39 is 0 Å². The number of amides is 1. The number of hydrogen-bond donors (Lipinski definition) is 1. The van der Waals surface area contributed by atoms with E-state index in [1.165, 1.54) is 0 Å². The predicted molar refractivity (Wildman–Crippen MR) is 50.4 cm³/mol. The van der Waals surface area contributed by atoms with Crippen molar-refractivity contribution >= 4 is 5.91 Å². The van der Waals surface area contributed by atoms with Gasteiger partial charge in [-0.2, -0.15) is 0 Å². The number of rotatable bonds is 3. The van der Waals surface area contributed by atoms with Gasteiger partial charge in [0.1, 0.15) is 0 Å². The first kappa shape index (κ1) is 12.4. The molecule has 0 aromatic heterocycles. The molecule has 1 saturated heterocycles. The Balaban J connectivity index is 0.000000226. The van der Waals surface area contributed by atoms with Crippen molar-refractivity contribution in [3.63, 3.8) is 0 Å². The maximum atomic E-state index is 10.5. The van der Waals surface area contributed by atoms with Gasteiger partial charge >= 0.3 is 0 Å². The summed E-state index contributed by atoms with van der Waals surface area (Å²) in [4.78, 5) is 12.3. The van der Waals surface area contributed by atoms with Crippen LogP contribution in [-0.2, 0) is 9.53 Å². The minimum absolute atomic E-state index is 0.133. The highest BCUT2D eigenvalue weighted by atomic mass is 16.5. The largest absolute Gasteiger partial charge is 0.394 e. The molecule has 1 fully saturated rings. The van der Waals surface area contributed by atoms with Crippen molar-refractivity contribution in [1.29, 1.82) is 0 Å². The number of carbonyl (C=O) groups excluding carboxylic acids is 1. The second-order valence-corrected chi connectivity index (χ2v) is 2.84. The van der Waals surface area contributed by atoms with Crippen LogP contribution in [0.5, 0.6) is 0 Å². The summed E-state index contributed by atoms with van der Waals surface area (Å²) in [6.07, 6.45) is 1.81. The van der Waals surface area contributed by atoms with Crippen LogP contribution in [0.25, 0.3) is 0 Å². The molecule has 78 valence electrons. The molecule has 0 radical (unpaired) electrons. The average molecular weight is 189 g/mol. The highest BCUT2D eigenvalue weighted by molar-refractivity contribution is 5.77. The first-order valence-electron chi connectivity index (χ1n) is 4.65. The van der Waals surface area contributed by atoms with Gasteiger partial charge in [0, 0.05) is 26.6 Å². The Hall–Kier alpha value is -0.610. The van der Waals surface area contributed by atoms with Crippen molar-refractivity contribution in [1.82, 2.24) is 4.90 Å². The summed E-state index contributed by atoms with van der Waals surface area (Å²) in [5.41, 5.74) is 0. The number of hydrogen-bond acceptors (Lipinski definition) is 3. The number of aliphatic hydroxyl groups excluding tert-OH is 1. The second kappa shape index (κ2) is 8.01.